The van der Waals surface area contributed by atoms with Crippen LogP contribution in [0.15, 0.2) is 47.8 Å². The highest BCUT2D eigenvalue weighted by molar-refractivity contribution is 7.09. The quantitative estimate of drug-likeness (QED) is 0.859. The van der Waals surface area contributed by atoms with Crippen LogP contribution >= 0.6 is 11.3 Å². The Bertz CT molecular complexity index is 680. The van der Waals surface area contributed by atoms with Crippen LogP contribution in [0.3, 0.4) is 0 Å². The summed E-state index contributed by atoms with van der Waals surface area (Å²) in [7, 11) is 0. The summed E-state index contributed by atoms with van der Waals surface area (Å²) in [5.41, 5.74) is 0.638. The van der Waals surface area contributed by atoms with Crippen molar-refractivity contribution in [3.63, 3.8) is 0 Å². The molecule has 4 heteroatoms. The molecule has 1 amide bonds. The summed E-state index contributed by atoms with van der Waals surface area (Å²) in [5.74, 6) is 0.206. The number of carbonyl (C=O) groups is 1. The summed E-state index contributed by atoms with van der Waals surface area (Å²) < 4.78 is 0. The van der Waals surface area contributed by atoms with Gasteiger partial charge in [-0.2, -0.15) is 5.26 Å². The van der Waals surface area contributed by atoms with Gasteiger partial charge < -0.3 is 4.90 Å². The minimum atomic E-state index is -0.439. The predicted octanol–water partition coefficient (Wildman–Crippen LogP) is 3.76. The SMILES string of the molecule is N#CC1(c2ccccc2)CCN(C(=O)CCc2cccs2)CC1. The topological polar surface area (TPSA) is 44.1 Å². The van der Waals surface area contributed by atoms with Crippen LogP contribution in [-0.2, 0) is 16.6 Å². The average molecular weight is 324 g/mol. The zero-order valence-corrected chi connectivity index (χ0v) is 13.9. The third-order valence-electron chi connectivity index (χ3n) is 4.68. The van der Waals surface area contributed by atoms with Gasteiger partial charge >= 0.3 is 0 Å². The van der Waals surface area contributed by atoms with E-state index in [1.54, 1.807) is 11.3 Å². The first-order valence-corrected chi connectivity index (χ1v) is 8.88. The Labute approximate surface area is 141 Å². The number of piperidine rings is 1. The molecule has 0 atom stereocenters. The van der Waals surface area contributed by atoms with Crippen molar-refractivity contribution in [1.29, 1.82) is 5.26 Å². The fourth-order valence-electron chi connectivity index (χ4n) is 3.20. The first kappa shape index (κ1) is 15.8. The number of nitriles is 1. The van der Waals surface area contributed by atoms with Crippen LogP contribution in [0.1, 0.15) is 29.7 Å². The molecule has 0 aliphatic carbocycles. The molecule has 0 spiro atoms. The molecule has 1 aromatic heterocycles. The van der Waals surface area contributed by atoms with E-state index in [0.717, 1.165) is 24.8 Å². The first-order valence-electron chi connectivity index (χ1n) is 8.00. The number of likely N-dealkylation sites (tertiary alicyclic amines) is 1. The van der Waals surface area contributed by atoms with Crippen molar-refractivity contribution in [2.45, 2.75) is 31.1 Å². The van der Waals surface area contributed by atoms with Crippen molar-refractivity contribution in [1.82, 2.24) is 4.90 Å². The maximum absolute atomic E-state index is 12.4. The molecule has 0 bridgehead atoms. The van der Waals surface area contributed by atoms with Gasteiger partial charge in [-0.1, -0.05) is 36.4 Å². The molecule has 3 nitrogen and oxygen atoms in total. The van der Waals surface area contributed by atoms with E-state index in [1.807, 2.05) is 46.7 Å². The predicted molar refractivity (Wildman–Crippen MR) is 92.2 cm³/mol. The van der Waals surface area contributed by atoms with Gasteiger partial charge in [-0.05, 0) is 36.3 Å². The van der Waals surface area contributed by atoms with Crippen LogP contribution in [0.4, 0.5) is 0 Å². The fraction of sp³-hybridized carbons (Fsp3) is 0.368. The summed E-state index contributed by atoms with van der Waals surface area (Å²) in [5, 5.41) is 11.7. The second kappa shape index (κ2) is 6.97. The van der Waals surface area contributed by atoms with Crippen molar-refractivity contribution >= 4 is 17.2 Å². The number of hydrogen-bond donors (Lipinski definition) is 0. The van der Waals surface area contributed by atoms with E-state index in [-0.39, 0.29) is 5.91 Å². The largest absolute Gasteiger partial charge is 0.343 e. The molecule has 1 aliphatic heterocycles. The van der Waals surface area contributed by atoms with Crippen molar-refractivity contribution in [2.75, 3.05) is 13.1 Å². The second-order valence-electron chi connectivity index (χ2n) is 6.02. The highest BCUT2D eigenvalue weighted by Crippen LogP contribution is 2.35. The Kier molecular flexibility index (Phi) is 4.78. The molecular weight excluding hydrogens is 304 g/mol. The third-order valence-corrected chi connectivity index (χ3v) is 5.61. The highest BCUT2D eigenvalue weighted by atomic mass is 32.1. The molecule has 0 unspecified atom stereocenters. The van der Waals surface area contributed by atoms with E-state index in [0.29, 0.717) is 19.5 Å². The number of amides is 1. The molecule has 0 radical (unpaired) electrons. The molecule has 2 heterocycles. The Morgan fingerprint density at radius 2 is 1.91 bits per heavy atom. The maximum Gasteiger partial charge on any atom is 0.222 e. The number of benzene rings is 1. The zero-order valence-electron chi connectivity index (χ0n) is 13.1. The number of carbonyl (C=O) groups excluding carboxylic acids is 1. The summed E-state index contributed by atoms with van der Waals surface area (Å²) in [6.45, 7) is 1.34. The van der Waals surface area contributed by atoms with Crippen LogP contribution < -0.4 is 0 Å². The van der Waals surface area contributed by atoms with Crippen LogP contribution in [-0.4, -0.2) is 23.9 Å². The minimum absolute atomic E-state index is 0.206. The van der Waals surface area contributed by atoms with E-state index in [1.165, 1.54) is 4.88 Å². The summed E-state index contributed by atoms with van der Waals surface area (Å²) in [6, 6.07) is 16.6. The molecule has 118 valence electrons. The van der Waals surface area contributed by atoms with Crippen LogP contribution in [0, 0.1) is 11.3 Å². The lowest BCUT2D eigenvalue weighted by molar-refractivity contribution is -0.132. The first-order chi connectivity index (χ1) is 11.2. The molecule has 1 aliphatic rings. The normalized spacial score (nSPS) is 16.7. The van der Waals surface area contributed by atoms with Gasteiger partial charge in [0.1, 0.15) is 0 Å². The molecule has 2 aromatic rings. The van der Waals surface area contributed by atoms with Crippen molar-refractivity contribution in [2.24, 2.45) is 0 Å². The lowest BCUT2D eigenvalue weighted by atomic mass is 9.74. The average Bonchev–Trinajstić information content (AvgIpc) is 3.14. The molecule has 0 N–H and O–H groups in total. The smallest absolute Gasteiger partial charge is 0.222 e. The van der Waals surface area contributed by atoms with Crippen LogP contribution in [0.2, 0.25) is 0 Å². The van der Waals surface area contributed by atoms with Gasteiger partial charge in [0, 0.05) is 24.4 Å². The molecule has 1 aromatic carbocycles. The van der Waals surface area contributed by atoms with Crippen LogP contribution in [0.5, 0.6) is 0 Å². The summed E-state index contributed by atoms with van der Waals surface area (Å²) in [6.07, 6.45) is 2.82. The Hall–Kier alpha value is -2.12. The lowest BCUT2D eigenvalue weighted by Crippen LogP contribution is -2.44. The Balaban J connectivity index is 1.59. The van der Waals surface area contributed by atoms with Gasteiger partial charge in [-0.15, -0.1) is 11.3 Å². The van der Waals surface area contributed by atoms with Crippen molar-refractivity contribution in [3.8, 4) is 6.07 Å². The van der Waals surface area contributed by atoms with Crippen molar-refractivity contribution in [3.05, 3.63) is 58.3 Å². The van der Waals surface area contributed by atoms with Gasteiger partial charge in [-0.25, -0.2) is 0 Å². The standard InChI is InChI=1S/C19H20N2OS/c20-15-19(16-5-2-1-3-6-16)10-12-21(13-11-19)18(22)9-8-17-7-4-14-23-17/h1-7,14H,8-13H2. The molecular formula is C19H20N2OS. The van der Waals surface area contributed by atoms with Gasteiger partial charge in [0.25, 0.3) is 0 Å². The molecule has 23 heavy (non-hydrogen) atoms. The van der Waals surface area contributed by atoms with E-state index >= 15 is 0 Å². The number of hydrogen-bond acceptors (Lipinski definition) is 3. The van der Waals surface area contributed by atoms with E-state index in [4.69, 9.17) is 0 Å². The minimum Gasteiger partial charge on any atom is -0.343 e. The maximum atomic E-state index is 12.4. The molecule has 0 saturated carbocycles. The summed E-state index contributed by atoms with van der Waals surface area (Å²) >= 11 is 1.70. The molecule has 3 rings (SSSR count). The van der Waals surface area contributed by atoms with E-state index in [9.17, 15) is 10.1 Å². The van der Waals surface area contributed by atoms with E-state index < -0.39 is 5.41 Å². The molecule has 1 fully saturated rings. The van der Waals surface area contributed by atoms with Crippen molar-refractivity contribution < 1.29 is 4.79 Å². The third kappa shape index (κ3) is 3.46. The highest BCUT2D eigenvalue weighted by Gasteiger charge is 2.37. The van der Waals surface area contributed by atoms with Gasteiger partial charge in [0.05, 0.1) is 11.5 Å². The number of thiophene rings is 1. The Morgan fingerprint density at radius 1 is 1.17 bits per heavy atom. The lowest BCUT2D eigenvalue weighted by Gasteiger charge is -2.37. The zero-order chi connectivity index (χ0) is 16.1. The second-order valence-corrected chi connectivity index (χ2v) is 7.05. The monoisotopic (exact) mass is 324 g/mol. The summed E-state index contributed by atoms with van der Waals surface area (Å²) in [4.78, 5) is 15.6. The van der Waals surface area contributed by atoms with Crippen LogP contribution in [0.25, 0.3) is 0 Å². The molecule has 1 saturated heterocycles. The van der Waals surface area contributed by atoms with Gasteiger partial charge in [-0.3, -0.25) is 4.79 Å². The fourth-order valence-corrected chi connectivity index (χ4v) is 3.91. The Morgan fingerprint density at radius 3 is 2.52 bits per heavy atom. The number of nitrogens with zero attached hydrogens (tertiary/aromatic N) is 2. The number of aryl methyl sites for hydroxylation is 1. The van der Waals surface area contributed by atoms with Gasteiger partial charge in [0.15, 0.2) is 0 Å². The number of rotatable bonds is 4. The van der Waals surface area contributed by atoms with Gasteiger partial charge in [0.2, 0.25) is 5.91 Å². The van der Waals surface area contributed by atoms with E-state index in [2.05, 4.69) is 12.1 Å².